The number of imidazole rings is 1. The first-order chi connectivity index (χ1) is 12.6. The van der Waals surface area contributed by atoms with Crippen LogP contribution in [0.2, 0.25) is 5.02 Å². The van der Waals surface area contributed by atoms with Crippen molar-refractivity contribution in [2.45, 2.75) is 0 Å². The number of carbonyl (C=O) groups is 1. The highest BCUT2D eigenvalue weighted by Gasteiger charge is 2.10. The summed E-state index contributed by atoms with van der Waals surface area (Å²) in [6.07, 6.45) is 2.83. The second-order valence-electron chi connectivity index (χ2n) is 5.28. The maximum Gasteiger partial charge on any atom is 0.289 e. The second-order valence-corrected chi connectivity index (χ2v) is 5.72. The number of hydrazone groups is 1. The summed E-state index contributed by atoms with van der Waals surface area (Å²) in [5, 5.41) is 14.2. The minimum absolute atomic E-state index is 0.0102. The number of carbonyl (C=O) groups excluding carboxylic acids is 1. The molecule has 0 saturated heterocycles. The summed E-state index contributed by atoms with van der Waals surface area (Å²) in [6.45, 7) is 0. The number of rotatable bonds is 5. The zero-order valence-corrected chi connectivity index (χ0v) is 14.5. The van der Waals surface area contributed by atoms with Crippen molar-refractivity contribution in [2.24, 2.45) is 5.10 Å². The molecule has 2 aromatic carbocycles. The van der Waals surface area contributed by atoms with Gasteiger partial charge in [0.2, 0.25) is 0 Å². The Morgan fingerprint density at radius 2 is 2.08 bits per heavy atom. The number of phenolic OH excluding ortho intramolecular Hbond substituents is 1. The summed E-state index contributed by atoms with van der Waals surface area (Å²) in [7, 11) is 1.46. The number of aromatic hydroxyl groups is 1. The number of hydrogen-bond donors (Lipinski definition) is 3. The molecule has 0 radical (unpaired) electrons. The Kier molecular flexibility index (Phi) is 5.19. The fourth-order valence-electron chi connectivity index (χ4n) is 2.20. The predicted molar refractivity (Wildman–Crippen MR) is 98.8 cm³/mol. The molecule has 1 heterocycles. The van der Waals surface area contributed by atoms with E-state index < -0.39 is 5.91 Å². The van der Waals surface area contributed by atoms with Gasteiger partial charge in [0.15, 0.2) is 11.5 Å². The van der Waals surface area contributed by atoms with Crippen LogP contribution in [0.3, 0.4) is 0 Å². The number of methoxy groups -OCH3 is 1. The molecule has 0 aliphatic heterocycles. The summed E-state index contributed by atoms with van der Waals surface area (Å²) in [6, 6.07) is 11.9. The van der Waals surface area contributed by atoms with E-state index >= 15 is 0 Å². The average molecular weight is 371 g/mol. The molecule has 0 unspecified atom stereocenters. The van der Waals surface area contributed by atoms with Crippen LogP contribution in [0.25, 0.3) is 11.4 Å². The van der Waals surface area contributed by atoms with Crippen molar-refractivity contribution in [1.82, 2.24) is 15.4 Å². The summed E-state index contributed by atoms with van der Waals surface area (Å²) in [5.74, 6) is 0.463. The fraction of sp³-hybridized carbons (Fsp3) is 0.0556. The van der Waals surface area contributed by atoms with E-state index in [1.807, 2.05) is 0 Å². The molecule has 7 nitrogen and oxygen atoms in total. The van der Waals surface area contributed by atoms with Crippen molar-refractivity contribution in [2.75, 3.05) is 7.11 Å². The first-order valence-electron chi connectivity index (χ1n) is 7.58. The van der Waals surface area contributed by atoms with Gasteiger partial charge in [0.25, 0.3) is 5.91 Å². The zero-order valence-electron chi connectivity index (χ0n) is 13.7. The Bertz CT molecular complexity index is 951. The highest BCUT2D eigenvalue weighted by atomic mass is 35.5. The van der Waals surface area contributed by atoms with E-state index in [0.717, 1.165) is 5.56 Å². The van der Waals surface area contributed by atoms with Crippen LogP contribution < -0.4 is 10.2 Å². The third kappa shape index (κ3) is 4.01. The van der Waals surface area contributed by atoms with Crippen LogP contribution in [-0.4, -0.2) is 34.3 Å². The Balaban J connectivity index is 1.65. The number of nitrogens with one attached hydrogen (secondary N) is 2. The molecule has 0 bridgehead atoms. The molecule has 0 fully saturated rings. The van der Waals surface area contributed by atoms with Crippen LogP contribution in [0.1, 0.15) is 16.1 Å². The molecule has 132 valence electrons. The molecule has 3 N–H and O–H groups in total. The van der Waals surface area contributed by atoms with E-state index in [1.54, 1.807) is 36.4 Å². The maximum absolute atomic E-state index is 12.1. The van der Waals surface area contributed by atoms with Gasteiger partial charge >= 0.3 is 0 Å². The number of halogens is 1. The molecule has 26 heavy (non-hydrogen) atoms. The van der Waals surface area contributed by atoms with Crippen molar-refractivity contribution in [3.63, 3.8) is 0 Å². The number of amides is 1. The van der Waals surface area contributed by atoms with Crippen LogP contribution in [0.5, 0.6) is 11.5 Å². The van der Waals surface area contributed by atoms with E-state index in [2.05, 4.69) is 20.5 Å². The third-order valence-electron chi connectivity index (χ3n) is 3.52. The van der Waals surface area contributed by atoms with Crippen molar-refractivity contribution in [3.8, 4) is 22.9 Å². The van der Waals surface area contributed by atoms with Crippen molar-refractivity contribution in [1.29, 1.82) is 0 Å². The number of hydrogen-bond acceptors (Lipinski definition) is 5. The molecule has 1 amide bonds. The number of phenols is 1. The Hall–Kier alpha value is -3.32. The van der Waals surface area contributed by atoms with E-state index in [9.17, 15) is 9.90 Å². The van der Waals surface area contributed by atoms with Crippen molar-refractivity contribution < 1.29 is 14.6 Å². The lowest BCUT2D eigenvalue weighted by Gasteiger charge is -2.03. The number of ether oxygens (including phenoxy) is 1. The number of aromatic nitrogens is 2. The molecule has 1 aromatic heterocycles. The van der Waals surface area contributed by atoms with Gasteiger partial charge in [-0.05, 0) is 48.0 Å². The van der Waals surface area contributed by atoms with E-state index in [-0.39, 0.29) is 11.4 Å². The number of benzene rings is 2. The number of H-pyrrole nitrogens is 1. The van der Waals surface area contributed by atoms with Crippen LogP contribution >= 0.6 is 11.6 Å². The van der Waals surface area contributed by atoms with Crippen LogP contribution in [-0.2, 0) is 0 Å². The molecular weight excluding hydrogens is 356 g/mol. The maximum atomic E-state index is 12.1. The highest BCUT2D eigenvalue weighted by Crippen LogP contribution is 2.25. The van der Waals surface area contributed by atoms with Gasteiger partial charge in [-0.1, -0.05) is 11.6 Å². The summed E-state index contributed by atoms with van der Waals surface area (Å²) >= 11 is 5.86. The standard InChI is InChI=1S/C18H15ClN4O3/c1-26-16-7-2-11(8-15(16)24)9-21-23-18(25)14-10-20-17(22-14)12-3-5-13(19)6-4-12/h2-10,24H,1H3,(H,20,22)(H,23,25)/b21-9+. The molecule has 0 aliphatic carbocycles. The van der Waals surface area contributed by atoms with Gasteiger partial charge in [-0.25, -0.2) is 10.4 Å². The van der Waals surface area contributed by atoms with E-state index in [0.29, 0.717) is 22.2 Å². The minimum Gasteiger partial charge on any atom is -0.504 e. The topological polar surface area (TPSA) is 99.6 Å². The zero-order chi connectivity index (χ0) is 18.5. The van der Waals surface area contributed by atoms with Gasteiger partial charge in [-0.3, -0.25) is 4.79 Å². The molecule has 3 rings (SSSR count). The molecule has 0 spiro atoms. The summed E-state index contributed by atoms with van der Waals surface area (Å²) in [5.41, 5.74) is 4.08. The van der Waals surface area contributed by atoms with Crippen LogP contribution in [0.15, 0.2) is 53.8 Å². The van der Waals surface area contributed by atoms with Gasteiger partial charge in [0.05, 0.1) is 19.5 Å². The highest BCUT2D eigenvalue weighted by molar-refractivity contribution is 6.30. The largest absolute Gasteiger partial charge is 0.504 e. The Morgan fingerprint density at radius 3 is 2.77 bits per heavy atom. The summed E-state index contributed by atoms with van der Waals surface area (Å²) < 4.78 is 4.96. The van der Waals surface area contributed by atoms with Crippen LogP contribution in [0.4, 0.5) is 0 Å². The number of aromatic amines is 1. The fourth-order valence-corrected chi connectivity index (χ4v) is 2.33. The third-order valence-corrected chi connectivity index (χ3v) is 3.77. The quantitative estimate of drug-likeness (QED) is 0.474. The second kappa shape index (κ2) is 7.71. The lowest BCUT2D eigenvalue weighted by atomic mass is 10.2. The lowest BCUT2D eigenvalue weighted by Crippen LogP contribution is -2.17. The van der Waals surface area contributed by atoms with E-state index in [4.69, 9.17) is 16.3 Å². The van der Waals surface area contributed by atoms with Gasteiger partial charge in [-0.2, -0.15) is 5.10 Å². The average Bonchev–Trinajstić information content (AvgIpc) is 3.12. The van der Waals surface area contributed by atoms with Gasteiger partial charge in [0, 0.05) is 10.6 Å². The van der Waals surface area contributed by atoms with Crippen molar-refractivity contribution >= 4 is 23.7 Å². The first-order valence-corrected chi connectivity index (χ1v) is 7.96. The van der Waals surface area contributed by atoms with Gasteiger partial charge in [0.1, 0.15) is 11.5 Å². The summed E-state index contributed by atoms with van der Waals surface area (Å²) in [4.78, 5) is 19.2. The van der Waals surface area contributed by atoms with Crippen molar-refractivity contribution in [3.05, 3.63) is 64.9 Å². The Labute approximate surface area is 154 Å². The molecule has 3 aromatic rings. The Morgan fingerprint density at radius 1 is 1.31 bits per heavy atom. The predicted octanol–water partition coefficient (Wildman–Crippen LogP) is 3.21. The molecule has 8 heteroatoms. The van der Waals surface area contributed by atoms with E-state index in [1.165, 1.54) is 25.6 Å². The first kappa shape index (κ1) is 17.5. The minimum atomic E-state index is -0.438. The number of nitrogens with zero attached hydrogens (tertiary/aromatic N) is 2. The molecule has 0 saturated carbocycles. The molecular formula is C18H15ClN4O3. The normalized spacial score (nSPS) is 10.8. The molecule has 0 atom stereocenters. The SMILES string of the molecule is COc1ccc(/C=N/NC(=O)c2cnc(-c3ccc(Cl)cc3)[nH]2)cc1O. The van der Waals surface area contributed by atoms with Crippen LogP contribution in [0, 0.1) is 0 Å². The molecule has 0 aliphatic rings. The van der Waals surface area contributed by atoms with Gasteiger partial charge < -0.3 is 14.8 Å². The lowest BCUT2D eigenvalue weighted by molar-refractivity contribution is 0.0950. The van der Waals surface area contributed by atoms with Gasteiger partial charge in [-0.15, -0.1) is 0 Å². The smallest absolute Gasteiger partial charge is 0.289 e. The monoisotopic (exact) mass is 370 g/mol.